The van der Waals surface area contributed by atoms with E-state index >= 15 is 0 Å². The van der Waals surface area contributed by atoms with Gasteiger partial charge >= 0.3 is 0 Å². The molecule has 1 aromatic heterocycles. The molecule has 0 saturated carbocycles. The molecule has 0 aliphatic carbocycles. The minimum absolute atomic E-state index is 0.160. The smallest absolute Gasteiger partial charge is 0.252 e. The summed E-state index contributed by atoms with van der Waals surface area (Å²) in [7, 11) is 1.65. The monoisotopic (exact) mass is 300 g/mol. The second-order valence-electron chi connectivity index (χ2n) is 5.06. The van der Waals surface area contributed by atoms with Crippen molar-refractivity contribution < 1.29 is 9.53 Å². The van der Waals surface area contributed by atoms with Crippen LogP contribution < -0.4 is 15.6 Å². The van der Waals surface area contributed by atoms with E-state index in [-0.39, 0.29) is 17.5 Å². The molecule has 1 N–H and O–H groups in total. The number of hydrogen-bond acceptors (Lipinski definition) is 3. The van der Waals surface area contributed by atoms with E-state index in [1.165, 1.54) is 10.6 Å². The van der Waals surface area contributed by atoms with Gasteiger partial charge in [-0.3, -0.25) is 9.59 Å². The molecule has 0 fully saturated rings. The van der Waals surface area contributed by atoms with Gasteiger partial charge in [-0.25, -0.2) is 0 Å². The van der Waals surface area contributed by atoms with E-state index in [0.29, 0.717) is 12.2 Å². The fraction of sp³-hybridized carbons (Fsp3) is 0.294. The molecule has 1 amide bonds. The SMILES string of the molecule is CCOc1ccc(C(C)NC(=O)c2ccn(C)c(=O)c2)cc1. The van der Waals surface area contributed by atoms with Gasteiger partial charge in [0.25, 0.3) is 11.5 Å². The number of benzene rings is 1. The third-order valence-electron chi connectivity index (χ3n) is 3.41. The molecule has 1 atom stereocenters. The lowest BCUT2D eigenvalue weighted by Crippen LogP contribution is -2.28. The van der Waals surface area contributed by atoms with Crippen LogP contribution in [0.2, 0.25) is 0 Å². The highest BCUT2D eigenvalue weighted by Crippen LogP contribution is 2.18. The topological polar surface area (TPSA) is 60.3 Å². The van der Waals surface area contributed by atoms with Crippen molar-refractivity contribution in [2.75, 3.05) is 6.61 Å². The van der Waals surface area contributed by atoms with Crippen LogP contribution >= 0.6 is 0 Å². The number of nitrogens with one attached hydrogen (secondary N) is 1. The van der Waals surface area contributed by atoms with Crippen molar-refractivity contribution in [2.24, 2.45) is 7.05 Å². The van der Waals surface area contributed by atoms with Crippen molar-refractivity contribution in [3.63, 3.8) is 0 Å². The molecule has 0 aliphatic rings. The van der Waals surface area contributed by atoms with Gasteiger partial charge in [0.05, 0.1) is 12.6 Å². The number of ether oxygens (including phenoxy) is 1. The molecule has 1 unspecified atom stereocenters. The molecule has 1 heterocycles. The van der Waals surface area contributed by atoms with Crippen LogP contribution in [0.25, 0.3) is 0 Å². The number of amides is 1. The first-order chi connectivity index (χ1) is 10.5. The molecule has 2 rings (SSSR count). The summed E-state index contributed by atoms with van der Waals surface area (Å²) in [4.78, 5) is 23.7. The van der Waals surface area contributed by atoms with Gasteiger partial charge in [0.1, 0.15) is 5.75 Å². The Balaban J connectivity index is 2.07. The lowest BCUT2D eigenvalue weighted by Gasteiger charge is -2.15. The third-order valence-corrected chi connectivity index (χ3v) is 3.41. The molecule has 2 aromatic rings. The first-order valence-corrected chi connectivity index (χ1v) is 7.21. The maximum absolute atomic E-state index is 12.2. The van der Waals surface area contributed by atoms with Gasteiger partial charge in [0.2, 0.25) is 0 Å². The summed E-state index contributed by atoms with van der Waals surface area (Å²) in [6.45, 7) is 4.45. The van der Waals surface area contributed by atoms with Crippen molar-refractivity contribution in [1.82, 2.24) is 9.88 Å². The lowest BCUT2D eigenvalue weighted by atomic mass is 10.1. The Morgan fingerprint density at radius 3 is 2.55 bits per heavy atom. The van der Waals surface area contributed by atoms with Crippen molar-refractivity contribution >= 4 is 5.91 Å². The maximum atomic E-state index is 12.2. The van der Waals surface area contributed by atoms with Crippen molar-refractivity contribution in [1.29, 1.82) is 0 Å². The number of aryl methyl sites for hydroxylation is 1. The molecular formula is C17H20N2O3. The zero-order chi connectivity index (χ0) is 16.1. The van der Waals surface area contributed by atoms with Crippen molar-refractivity contribution in [3.05, 3.63) is 64.1 Å². The van der Waals surface area contributed by atoms with Crippen LogP contribution in [0.5, 0.6) is 5.75 Å². The number of aromatic nitrogens is 1. The Bertz CT molecular complexity index is 705. The molecule has 5 nitrogen and oxygen atoms in total. The molecule has 0 bridgehead atoms. The molecule has 22 heavy (non-hydrogen) atoms. The predicted octanol–water partition coefficient (Wildman–Crippen LogP) is 2.28. The van der Waals surface area contributed by atoms with Gasteiger partial charge in [0.15, 0.2) is 0 Å². The highest BCUT2D eigenvalue weighted by atomic mass is 16.5. The van der Waals surface area contributed by atoms with Crippen LogP contribution in [0.15, 0.2) is 47.4 Å². The zero-order valence-corrected chi connectivity index (χ0v) is 13.0. The normalized spacial score (nSPS) is 11.8. The zero-order valence-electron chi connectivity index (χ0n) is 13.0. The molecule has 0 aliphatic heterocycles. The Morgan fingerprint density at radius 2 is 1.95 bits per heavy atom. The van der Waals surface area contributed by atoms with Crippen LogP contribution in [-0.2, 0) is 7.05 Å². The quantitative estimate of drug-likeness (QED) is 0.921. The average molecular weight is 300 g/mol. The summed E-state index contributed by atoms with van der Waals surface area (Å²) in [5, 5.41) is 2.88. The third kappa shape index (κ3) is 3.75. The van der Waals surface area contributed by atoms with Crippen LogP contribution in [0.3, 0.4) is 0 Å². The summed E-state index contributed by atoms with van der Waals surface area (Å²) < 4.78 is 6.81. The summed E-state index contributed by atoms with van der Waals surface area (Å²) in [5.74, 6) is 0.537. The van der Waals surface area contributed by atoms with Crippen LogP contribution in [0, 0.1) is 0 Å². The van der Waals surface area contributed by atoms with E-state index in [9.17, 15) is 9.59 Å². The molecule has 0 spiro atoms. The van der Waals surface area contributed by atoms with Crippen LogP contribution in [0.4, 0.5) is 0 Å². The lowest BCUT2D eigenvalue weighted by molar-refractivity contribution is 0.0939. The Morgan fingerprint density at radius 1 is 1.27 bits per heavy atom. The highest BCUT2D eigenvalue weighted by molar-refractivity contribution is 5.94. The standard InChI is InChI=1S/C17H20N2O3/c1-4-22-15-7-5-13(6-8-15)12(2)18-17(21)14-9-10-19(3)16(20)11-14/h5-12H,4H2,1-3H3,(H,18,21). The van der Waals surface area contributed by atoms with Crippen LogP contribution in [0.1, 0.15) is 35.8 Å². The van der Waals surface area contributed by atoms with Gasteiger partial charge in [-0.05, 0) is 37.6 Å². The Labute approximate surface area is 129 Å². The number of rotatable bonds is 5. The summed E-state index contributed by atoms with van der Waals surface area (Å²) in [6.07, 6.45) is 1.58. The largest absolute Gasteiger partial charge is 0.494 e. The fourth-order valence-corrected chi connectivity index (χ4v) is 2.07. The summed E-state index contributed by atoms with van der Waals surface area (Å²) in [6, 6.07) is 10.4. The summed E-state index contributed by atoms with van der Waals surface area (Å²) >= 11 is 0. The van der Waals surface area contributed by atoms with E-state index in [1.54, 1.807) is 19.3 Å². The first-order valence-electron chi connectivity index (χ1n) is 7.21. The Hall–Kier alpha value is -2.56. The van der Waals surface area contributed by atoms with Gasteiger partial charge in [0, 0.05) is 24.9 Å². The van der Waals surface area contributed by atoms with Gasteiger partial charge < -0.3 is 14.6 Å². The maximum Gasteiger partial charge on any atom is 0.252 e. The van der Waals surface area contributed by atoms with E-state index in [4.69, 9.17) is 4.74 Å². The molecule has 0 saturated heterocycles. The molecule has 5 heteroatoms. The predicted molar refractivity (Wildman–Crippen MR) is 85.2 cm³/mol. The number of hydrogen-bond donors (Lipinski definition) is 1. The van der Waals surface area contributed by atoms with E-state index in [2.05, 4.69) is 5.32 Å². The van der Waals surface area contributed by atoms with Gasteiger partial charge in [-0.2, -0.15) is 0 Å². The number of pyridine rings is 1. The van der Waals surface area contributed by atoms with Crippen LogP contribution in [-0.4, -0.2) is 17.1 Å². The van der Waals surface area contributed by atoms with E-state index in [0.717, 1.165) is 11.3 Å². The fourth-order valence-electron chi connectivity index (χ4n) is 2.07. The summed E-state index contributed by atoms with van der Waals surface area (Å²) in [5.41, 5.74) is 1.13. The van der Waals surface area contributed by atoms with Gasteiger partial charge in [-0.15, -0.1) is 0 Å². The average Bonchev–Trinajstić information content (AvgIpc) is 2.51. The van der Waals surface area contributed by atoms with Gasteiger partial charge in [-0.1, -0.05) is 12.1 Å². The molecule has 0 radical (unpaired) electrons. The van der Waals surface area contributed by atoms with Crippen molar-refractivity contribution in [2.45, 2.75) is 19.9 Å². The molecular weight excluding hydrogens is 280 g/mol. The van der Waals surface area contributed by atoms with E-state index < -0.39 is 0 Å². The minimum atomic E-state index is -0.265. The first kappa shape index (κ1) is 15.8. The minimum Gasteiger partial charge on any atom is -0.494 e. The second-order valence-corrected chi connectivity index (χ2v) is 5.06. The van der Waals surface area contributed by atoms with E-state index in [1.807, 2.05) is 38.1 Å². The second kappa shape index (κ2) is 6.93. The molecule has 1 aromatic carbocycles. The number of carbonyl (C=O) groups excluding carboxylic acids is 1. The molecule has 116 valence electrons. The Kier molecular flexibility index (Phi) is 4.99. The van der Waals surface area contributed by atoms with Crippen molar-refractivity contribution in [3.8, 4) is 5.75 Å². The number of carbonyl (C=O) groups is 1. The highest BCUT2D eigenvalue weighted by Gasteiger charge is 2.12. The number of nitrogens with zero attached hydrogens (tertiary/aromatic N) is 1.